The van der Waals surface area contributed by atoms with Crippen molar-refractivity contribution in [1.82, 2.24) is 15.0 Å². The maximum atomic E-state index is 12.2. The summed E-state index contributed by atoms with van der Waals surface area (Å²) < 4.78 is 5.18. The Morgan fingerprint density at radius 2 is 2.27 bits per heavy atom. The molecule has 0 aromatic carbocycles. The van der Waals surface area contributed by atoms with Gasteiger partial charge in [-0.1, -0.05) is 5.16 Å². The largest absolute Gasteiger partial charge is 0.389 e. The van der Waals surface area contributed by atoms with Crippen LogP contribution in [0.15, 0.2) is 21.3 Å². The fraction of sp³-hybridized carbons (Fsp3) is 0.533. The van der Waals surface area contributed by atoms with Crippen LogP contribution in [0, 0.1) is 0 Å². The number of aromatic nitrogens is 2. The highest BCUT2D eigenvalue weighted by Crippen LogP contribution is 2.19. The molecule has 0 atom stereocenters. The second kappa shape index (κ2) is 7.02. The molecule has 0 bridgehead atoms. The lowest BCUT2D eigenvalue weighted by atomic mass is 10.1. The molecule has 0 saturated carbocycles. The van der Waals surface area contributed by atoms with Gasteiger partial charge < -0.3 is 14.5 Å². The Labute approximate surface area is 133 Å². The van der Waals surface area contributed by atoms with Gasteiger partial charge in [-0.15, -0.1) is 0 Å². The third-order valence-corrected chi connectivity index (χ3v) is 3.80. The minimum atomic E-state index is -0.901. The van der Waals surface area contributed by atoms with Crippen molar-refractivity contribution in [2.24, 2.45) is 0 Å². The van der Waals surface area contributed by atoms with Gasteiger partial charge in [0, 0.05) is 36.9 Å². The number of nitrogens with zero attached hydrogens (tertiary/aromatic N) is 3. The van der Waals surface area contributed by atoms with Gasteiger partial charge in [-0.3, -0.25) is 4.79 Å². The average molecular weight is 323 g/mol. The van der Waals surface area contributed by atoms with Gasteiger partial charge in [-0.25, -0.2) is 0 Å². The highest BCUT2D eigenvalue weighted by molar-refractivity contribution is 7.08. The molecule has 0 radical (unpaired) electrons. The van der Waals surface area contributed by atoms with Crippen LogP contribution >= 0.6 is 11.3 Å². The molecule has 120 valence electrons. The highest BCUT2D eigenvalue weighted by Gasteiger charge is 2.21. The first-order valence-electron chi connectivity index (χ1n) is 7.24. The number of rotatable bonds is 7. The van der Waals surface area contributed by atoms with Gasteiger partial charge in [0.05, 0.1) is 5.60 Å². The van der Waals surface area contributed by atoms with Gasteiger partial charge in [-0.2, -0.15) is 16.3 Å². The maximum Gasteiger partial charge on any atom is 0.227 e. The molecule has 2 heterocycles. The molecule has 0 saturated heterocycles. The molecule has 2 rings (SSSR count). The van der Waals surface area contributed by atoms with Crippen LogP contribution in [0.1, 0.15) is 33.1 Å². The Hall–Kier alpha value is -1.73. The molecule has 0 fully saturated rings. The van der Waals surface area contributed by atoms with Crippen molar-refractivity contribution in [2.75, 3.05) is 13.1 Å². The van der Waals surface area contributed by atoms with Gasteiger partial charge in [0.25, 0.3) is 0 Å². The lowest BCUT2D eigenvalue weighted by Crippen LogP contribution is -2.42. The second-order valence-corrected chi connectivity index (χ2v) is 6.52. The standard InChI is InChI=1S/C15H21N3O3S/c1-4-18(10-15(2,3)20)13(19)6-5-12-16-14(17-21-12)11-7-8-22-9-11/h7-9,20H,4-6,10H2,1-3H3. The Balaban J connectivity index is 1.90. The summed E-state index contributed by atoms with van der Waals surface area (Å²) in [7, 11) is 0. The van der Waals surface area contributed by atoms with Crippen LogP contribution in [0.25, 0.3) is 11.4 Å². The van der Waals surface area contributed by atoms with Gasteiger partial charge in [0.15, 0.2) is 0 Å². The molecule has 0 aliphatic heterocycles. The Kier molecular flexibility index (Phi) is 5.31. The minimum Gasteiger partial charge on any atom is -0.389 e. The van der Waals surface area contributed by atoms with Crippen LogP contribution in [0.3, 0.4) is 0 Å². The fourth-order valence-corrected chi connectivity index (χ4v) is 2.72. The van der Waals surface area contributed by atoms with E-state index in [-0.39, 0.29) is 12.3 Å². The molecular weight excluding hydrogens is 302 g/mol. The lowest BCUT2D eigenvalue weighted by molar-refractivity contribution is -0.134. The van der Waals surface area contributed by atoms with E-state index >= 15 is 0 Å². The summed E-state index contributed by atoms with van der Waals surface area (Å²) in [5.41, 5.74) is 0.0194. The van der Waals surface area contributed by atoms with E-state index in [1.165, 1.54) is 0 Å². The Morgan fingerprint density at radius 1 is 1.50 bits per heavy atom. The van der Waals surface area contributed by atoms with Crippen LogP contribution in [-0.2, 0) is 11.2 Å². The molecule has 1 amide bonds. The molecule has 0 spiro atoms. The number of hydrogen-bond donors (Lipinski definition) is 1. The van der Waals surface area contributed by atoms with Crippen LogP contribution in [0.5, 0.6) is 0 Å². The number of aryl methyl sites for hydroxylation is 1. The summed E-state index contributed by atoms with van der Waals surface area (Å²) in [5.74, 6) is 0.973. The van der Waals surface area contributed by atoms with Gasteiger partial charge >= 0.3 is 0 Å². The molecule has 7 heteroatoms. The van der Waals surface area contributed by atoms with Crippen LogP contribution in [0.2, 0.25) is 0 Å². The monoisotopic (exact) mass is 323 g/mol. The SMILES string of the molecule is CCN(CC(C)(C)O)C(=O)CCc1nc(-c2ccsc2)no1. The Morgan fingerprint density at radius 3 is 2.86 bits per heavy atom. The summed E-state index contributed by atoms with van der Waals surface area (Å²) in [4.78, 5) is 18.1. The van der Waals surface area contributed by atoms with Gasteiger partial charge in [-0.05, 0) is 32.2 Å². The third kappa shape index (κ3) is 4.64. The molecule has 2 aromatic rings. The summed E-state index contributed by atoms with van der Waals surface area (Å²) in [6.45, 7) is 6.15. The van der Waals surface area contributed by atoms with Crippen LogP contribution < -0.4 is 0 Å². The minimum absolute atomic E-state index is 0.0279. The van der Waals surface area contributed by atoms with Crippen molar-refractivity contribution >= 4 is 17.2 Å². The van der Waals surface area contributed by atoms with E-state index in [1.54, 1.807) is 30.1 Å². The van der Waals surface area contributed by atoms with Crippen molar-refractivity contribution in [3.05, 3.63) is 22.7 Å². The zero-order valence-electron chi connectivity index (χ0n) is 13.1. The summed E-state index contributed by atoms with van der Waals surface area (Å²) in [6.07, 6.45) is 0.688. The summed E-state index contributed by atoms with van der Waals surface area (Å²) >= 11 is 1.57. The molecule has 2 aromatic heterocycles. The van der Waals surface area contributed by atoms with Crippen molar-refractivity contribution in [3.8, 4) is 11.4 Å². The first kappa shape index (κ1) is 16.6. The number of likely N-dealkylation sites (N-methyl/N-ethyl adjacent to an activating group) is 1. The zero-order chi connectivity index (χ0) is 16.2. The molecule has 1 N–H and O–H groups in total. The van der Waals surface area contributed by atoms with E-state index in [0.717, 1.165) is 5.56 Å². The predicted molar refractivity (Wildman–Crippen MR) is 84.5 cm³/mol. The van der Waals surface area contributed by atoms with Crippen LogP contribution in [-0.4, -0.2) is 44.7 Å². The fourth-order valence-electron chi connectivity index (χ4n) is 2.08. The number of aliphatic hydroxyl groups is 1. The first-order valence-corrected chi connectivity index (χ1v) is 8.18. The normalized spacial score (nSPS) is 11.6. The van der Waals surface area contributed by atoms with Gasteiger partial charge in [0.2, 0.25) is 17.6 Å². The van der Waals surface area contributed by atoms with E-state index < -0.39 is 5.60 Å². The maximum absolute atomic E-state index is 12.2. The van der Waals surface area contributed by atoms with Crippen molar-refractivity contribution in [2.45, 2.75) is 39.2 Å². The van der Waals surface area contributed by atoms with Gasteiger partial charge in [0.1, 0.15) is 0 Å². The van der Waals surface area contributed by atoms with E-state index in [0.29, 0.717) is 31.2 Å². The molecular formula is C15H21N3O3S. The van der Waals surface area contributed by atoms with Crippen molar-refractivity contribution in [1.29, 1.82) is 0 Å². The van der Waals surface area contributed by atoms with E-state index in [4.69, 9.17) is 4.52 Å². The molecule has 6 nitrogen and oxygen atoms in total. The van der Waals surface area contributed by atoms with Crippen molar-refractivity contribution < 1.29 is 14.4 Å². The number of hydrogen-bond acceptors (Lipinski definition) is 6. The number of carbonyl (C=O) groups is 1. The number of carbonyl (C=O) groups excluding carboxylic acids is 1. The predicted octanol–water partition coefficient (Wildman–Crippen LogP) is 2.35. The lowest BCUT2D eigenvalue weighted by Gasteiger charge is -2.28. The molecule has 0 unspecified atom stereocenters. The average Bonchev–Trinajstić information content (AvgIpc) is 3.11. The summed E-state index contributed by atoms with van der Waals surface area (Å²) in [5, 5.41) is 17.6. The highest BCUT2D eigenvalue weighted by atomic mass is 32.1. The number of thiophene rings is 1. The molecule has 22 heavy (non-hydrogen) atoms. The molecule has 0 aliphatic rings. The topological polar surface area (TPSA) is 79.5 Å². The summed E-state index contributed by atoms with van der Waals surface area (Å²) in [6, 6.07) is 1.92. The first-order chi connectivity index (χ1) is 10.4. The second-order valence-electron chi connectivity index (χ2n) is 5.74. The van der Waals surface area contributed by atoms with Crippen LogP contribution in [0.4, 0.5) is 0 Å². The van der Waals surface area contributed by atoms with Crippen molar-refractivity contribution in [3.63, 3.8) is 0 Å². The van der Waals surface area contributed by atoms with E-state index in [2.05, 4.69) is 10.1 Å². The quantitative estimate of drug-likeness (QED) is 0.846. The molecule has 0 aliphatic carbocycles. The zero-order valence-corrected chi connectivity index (χ0v) is 13.9. The number of amides is 1. The smallest absolute Gasteiger partial charge is 0.227 e. The third-order valence-electron chi connectivity index (χ3n) is 3.11. The van der Waals surface area contributed by atoms with E-state index in [1.807, 2.05) is 23.8 Å². The Bertz CT molecular complexity index is 602. The van der Waals surface area contributed by atoms with E-state index in [9.17, 15) is 9.90 Å².